The number of nitrogens with zero attached hydrogens (tertiary/aromatic N) is 3. The van der Waals surface area contributed by atoms with Crippen LogP contribution < -0.4 is 0 Å². The standard InChI is InChI=1S/C15H9N3S3.CH3.Ag/c1-4-10-16-11(5-1)20-13-7-3-9-15(18-13)21-14-8-2-6-12(17-14)19-10;;/h1-9H;1H3;/q;-1;+1. The quantitative estimate of drug-likeness (QED) is 0.275. The van der Waals surface area contributed by atoms with Gasteiger partial charge in [-0.1, -0.05) is 53.5 Å². The van der Waals surface area contributed by atoms with Gasteiger partial charge in [0.15, 0.2) is 0 Å². The van der Waals surface area contributed by atoms with E-state index >= 15 is 0 Å². The van der Waals surface area contributed by atoms with Gasteiger partial charge >= 0.3 is 22.4 Å². The molecule has 4 heterocycles. The zero-order valence-corrected chi connectivity index (χ0v) is 16.0. The topological polar surface area (TPSA) is 38.7 Å². The molecule has 0 radical (unpaired) electrons. The van der Waals surface area contributed by atoms with E-state index in [0.717, 1.165) is 30.2 Å². The van der Waals surface area contributed by atoms with Gasteiger partial charge in [0, 0.05) is 0 Å². The summed E-state index contributed by atoms with van der Waals surface area (Å²) in [6.45, 7) is 0. The molecule has 4 rings (SSSR count). The fraction of sp³-hybridized carbons (Fsp3) is 0. The molecule has 0 unspecified atom stereocenters. The predicted molar refractivity (Wildman–Crippen MR) is 91.5 cm³/mol. The van der Waals surface area contributed by atoms with Crippen LogP contribution in [0.5, 0.6) is 0 Å². The summed E-state index contributed by atoms with van der Waals surface area (Å²) in [7, 11) is 0. The summed E-state index contributed by atoms with van der Waals surface area (Å²) in [4.78, 5) is 14.0. The molecular weight excluding hydrogens is 438 g/mol. The Bertz CT molecular complexity index is 654. The minimum absolute atomic E-state index is 0. The van der Waals surface area contributed by atoms with Crippen molar-refractivity contribution >= 4 is 35.3 Å². The molecule has 0 saturated carbocycles. The Morgan fingerprint density at radius 1 is 0.478 bits per heavy atom. The van der Waals surface area contributed by atoms with E-state index in [2.05, 4.69) is 15.0 Å². The van der Waals surface area contributed by atoms with Crippen molar-refractivity contribution in [2.75, 3.05) is 0 Å². The SMILES string of the molecule is [Ag+].[CH3-].c1cc2nc(c1)Sc1cccc(n1)Sc1cccc(n1)S2. The fourth-order valence-electron chi connectivity index (χ4n) is 1.85. The van der Waals surface area contributed by atoms with Crippen LogP contribution in [-0.2, 0) is 22.4 Å². The molecule has 1 aliphatic heterocycles. The van der Waals surface area contributed by atoms with Crippen LogP contribution in [0.25, 0.3) is 0 Å². The van der Waals surface area contributed by atoms with Gasteiger partial charge < -0.3 is 7.43 Å². The fourth-order valence-corrected chi connectivity index (χ4v) is 4.41. The Kier molecular flexibility index (Phi) is 6.76. The molecule has 3 aromatic heterocycles. The van der Waals surface area contributed by atoms with Crippen molar-refractivity contribution in [3.63, 3.8) is 0 Å². The molecular formula is C16H12AgN3S3. The van der Waals surface area contributed by atoms with Crippen LogP contribution in [-0.4, -0.2) is 15.0 Å². The Hall–Kier alpha value is -0.760. The van der Waals surface area contributed by atoms with E-state index in [1.807, 2.05) is 54.6 Å². The average molecular weight is 450 g/mol. The normalized spacial score (nSPS) is 12.0. The van der Waals surface area contributed by atoms with Crippen molar-refractivity contribution in [2.45, 2.75) is 30.2 Å². The van der Waals surface area contributed by atoms with Crippen LogP contribution >= 0.6 is 35.3 Å². The Labute approximate surface area is 164 Å². The molecule has 0 fully saturated rings. The zero-order valence-electron chi connectivity index (χ0n) is 12.1. The van der Waals surface area contributed by atoms with Gasteiger partial charge in [0.1, 0.15) is 30.2 Å². The summed E-state index contributed by atoms with van der Waals surface area (Å²) >= 11 is 4.75. The first-order chi connectivity index (χ1) is 10.3. The van der Waals surface area contributed by atoms with Gasteiger partial charge in [0.2, 0.25) is 0 Å². The first-order valence-corrected chi connectivity index (χ1v) is 8.75. The summed E-state index contributed by atoms with van der Waals surface area (Å²) in [6.07, 6.45) is 0. The third kappa shape index (κ3) is 4.62. The van der Waals surface area contributed by atoms with E-state index in [1.54, 1.807) is 35.3 Å². The van der Waals surface area contributed by atoms with Gasteiger partial charge in [-0.15, -0.1) is 0 Å². The van der Waals surface area contributed by atoms with E-state index in [-0.39, 0.29) is 29.8 Å². The smallest absolute Gasteiger partial charge is 0.358 e. The average Bonchev–Trinajstić information content (AvgIpc) is 2.47. The van der Waals surface area contributed by atoms with Crippen LogP contribution in [0.15, 0.2) is 84.8 Å². The van der Waals surface area contributed by atoms with Crippen molar-refractivity contribution in [2.24, 2.45) is 0 Å². The molecule has 120 valence electrons. The summed E-state index contributed by atoms with van der Waals surface area (Å²) in [5, 5.41) is 5.70. The molecule has 6 bridgehead atoms. The summed E-state index contributed by atoms with van der Waals surface area (Å²) < 4.78 is 0. The van der Waals surface area contributed by atoms with Gasteiger partial charge in [0.05, 0.1) is 0 Å². The van der Waals surface area contributed by atoms with E-state index in [0.29, 0.717) is 0 Å². The third-order valence-electron chi connectivity index (χ3n) is 2.72. The van der Waals surface area contributed by atoms with E-state index in [4.69, 9.17) is 0 Å². The minimum atomic E-state index is 0. The maximum Gasteiger partial charge on any atom is 1.00 e. The third-order valence-corrected chi connectivity index (χ3v) is 5.34. The maximum atomic E-state index is 4.65. The van der Waals surface area contributed by atoms with Crippen molar-refractivity contribution in [1.29, 1.82) is 0 Å². The molecule has 23 heavy (non-hydrogen) atoms. The summed E-state index contributed by atoms with van der Waals surface area (Å²) in [6, 6.07) is 18.1. The molecule has 0 aliphatic carbocycles. The molecule has 0 aromatic carbocycles. The monoisotopic (exact) mass is 449 g/mol. The minimum Gasteiger partial charge on any atom is -0.358 e. The molecule has 1 aliphatic rings. The van der Waals surface area contributed by atoms with Crippen molar-refractivity contribution < 1.29 is 22.4 Å². The van der Waals surface area contributed by atoms with E-state index in [9.17, 15) is 0 Å². The Morgan fingerprint density at radius 3 is 0.913 bits per heavy atom. The van der Waals surface area contributed by atoms with Crippen LogP contribution in [0.3, 0.4) is 0 Å². The number of fused-ring (bicyclic) bond motifs is 6. The number of aromatic nitrogens is 3. The van der Waals surface area contributed by atoms with Crippen molar-refractivity contribution in [3.05, 3.63) is 62.0 Å². The van der Waals surface area contributed by atoms with E-state index < -0.39 is 0 Å². The zero-order chi connectivity index (χ0) is 14.1. The molecule has 0 spiro atoms. The second-order valence-corrected chi connectivity index (χ2v) is 7.37. The molecule has 0 amide bonds. The molecule has 0 N–H and O–H groups in total. The first-order valence-electron chi connectivity index (χ1n) is 6.30. The Balaban J connectivity index is 0.000000960. The second-order valence-electron chi connectivity index (χ2n) is 4.25. The van der Waals surface area contributed by atoms with Gasteiger partial charge in [-0.05, 0) is 36.4 Å². The first kappa shape index (κ1) is 18.6. The van der Waals surface area contributed by atoms with Crippen LogP contribution in [0, 0.1) is 7.43 Å². The van der Waals surface area contributed by atoms with Gasteiger partial charge in [-0.2, -0.15) is 0 Å². The van der Waals surface area contributed by atoms with Crippen LogP contribution in [0.2, 0.25) is 0 Å². The van der Waals surface area contributed by atoms with Gasteiger partial charge in [-0.3, -0.25) is 0 Å². The van der Waals surface area contributed by atoms with Crippen molar-refractivity contribution in [3.8, 4) is 0 Å². The number of hydrogen-bond acceptors (Lipinski definition) is 6. The van der Waals surface area contributed by atoms with Gasteiger partial charge in [0.25, 0.3) is 0 Å². The molecule has 0 saturated heterocycles. The Morgan fingerprint density at radius 2 is 0.696 bits per heavy atom. The van der Waals surface area contributed by atoms with Gasteiger partial charge in [-0.25, -0.2) is 15.0 Å². The maximum absolute atomic E-state index is 4.65. The van der Waals surface area contributed by atoms with Crippen LogP contribution in [0.1, 0.15) is 0 Å². The van der Waals surface area contributed by atoms with Crippen molar-refractivity contribution in [1.82, 2.24) is 15.0 Å². The van der Waals surface area contributed by atoms with E-state index in [1.165, 1.54) is 0 Å². The number of rotatable bonds is 0. The molecule has 7 heteroatoms. The second kappa shape index (κ2) is 8.37. The molecule has 3 aromatic rings. The van der Waals surface area contributed by atoms with Crippen LogP contribution in [0.4, 0.5) is 0 Å². The molecule has 0 atom stereocenters. The number of hydrogen-bond donors (Lipinski definition) is 0. The predicted octanol–water partition coefficient (Wildman–Crippen LogP) is 5.09. The summed E-state index contributed by atoms with van der Waals surface area (Å²) in [5.41, 5.74) is 0. The summed E-state index contributed by atoms with van der Waals surface area (Å²) in [5.74, 6) is 0. The largest absolute Gasteiger partial charge is 1.00 e. The number of pyridine rings is 3. The molecule has 3 nitrogen and oxygen atoms in total.